The number of carbonyl (C=O) groups is 1. The lowest BCUT2D eigenvalue weighted by molar-refractivity contribution is 0.102. The van der Waals surface area contributed by atoms with Crippen molar-refractivity contribution >= 4 is 27.5 Å². The van der Waals surface area contributed by atoms with Gasteiger partial charge in [-0.25, -0.2) is 9.97 Å². The molecule has 0 aliphatic carbocycles. The minimum Gasteiger partial charge on any atom is -0.322 e. The van der Waals surface area contributed by atoms with Crippen LogP contribution in [0.4, 0.5) is 5.69 Å². The number of halogens is 1. The summed E-state index contributed by atoms with van der Waals surface area (Å²) in [5.41, 5.74) is 1.18. The Balaban J connectivity index is 2.11. The van der Waals surface area contributed by atoms with Gasteiger partial charge in [0, 0.05) is 22.6 Å². The van der Waals surface area contributed by atoms with Gasteiger partial charge in [-0.05, 0) is 31.2 Å². The van der Waals surface area contributed by atoms with Crippen molar-refractivity contribution in [2.24, 2.45) is 0 Å². The number of benzene rings is 1. The molecule has 0 saturated heterocycles. The summed E-state index contributed by atoms with van der Waals surface area (Å²) in [6.07, 6.45) is 3.02. The summed E-state index contributed by atoms with van der Waals surface area (Å²) in [4.78, 5) is 19.8. The Morgan fingerprint density at radius 2 is 1.76 bits per heavy atom. The van der Waals surface area contributed by atoms with Crippen LogP contribution in [0.1, 0.15) is 16.2 Å². The topological polar surface area (TPSA) is 54.9 Å². The highest BCUT2D eigenvalue weighted by Crippen LogP contribution is 2.14. The van der Waals surface area contributed by atoms with E-state index in [9.17, 15) is 4.79 Å². The van der Waals surface area contributed by atoms with E-state index in [1.165, 1.54) is 12.4 Å². The minimum atomic E-state index is -0.215. The third kappa shape index (κ3) is 3.10. The normalized spacial score (nSPS) is 10.0. The van der Waals surface area contributed by atoms with Crippen LogP contribution in [-0.4, -0.2) is 15.9 Å². The van der Waals surface area contributed by atoms with Gasteiger partial charge in [-0.1, -0.05) is 15.9 Å². The molecule has 2 rings (SSSR count). The van der Waals surface area contributed by atoms with Gasteiger partial charge in [0.2, 0.25) is 0 Å². The number of hydrogen-bond donors (Lipinski definition) is 1. The molecule has 0 spiro atoms. The van der Waals surface area contributed by atoms with E-state index in [0.717, 1.165) is 10.2 Å². The van der Waals surface area contributed by atoms with Crippen LogP contribution in [0, 0.1) is 6.92 Å². The summed E-state index contributed by atoms with van der Waals surface area (Å²) in [7, 11) is 0. The highest BCUT2D eigenvalue weighted by Gasteiger charge is 2.06. The van der Waals surface area contributed by atoms with E-state index in [-0.39, 0.29) is 5.91 Å². The molecule has 1 aromatic carbocycles. The summed E-state index contributed by atoms with van der Waals surface area (Å²) >= 11 is 3.33. The Morgan fingerprint density at radius 3 is 2.35 bits per heavy atom. The van der Waals surface area contributed by atoms with Crippen LogP contribution < -0.4 is 5.32 Å². The molecule has 0 bridgehead atoms. The lowest BCUT2D eigenvalue weighted by Crippen LogP contribution is -2.12. The van der Waals surface area contributed by atoms with Crippen LogP contribution in [0.15, 0.2) is 41.1 Å². The molecular formula is C12H10BrN3O. The Bertz CT molecular complexity index is 522. The summed E-state index contributed by atoms with van der Waals surface area (Å²) in [5, 5.41) is 2.77. The molecule has 2 aromatic rings. The fourth-order valence-electron chi connectivity index (χ4n) is 1.25. The maximum absolute atomic E-state index is 11.8. The van der Waals surface area contributed by atoms with Gasteiger partial charge in [0.1, 0.15) is 5.82 Å². The summed E-state index contributed by atoms with van der Waals surface area (Å²) < 4.78 is 0.967. The number of aryl methyl sites for hydroxylation is 1. The summed E-state index contributed by atoms with van der Waals surface area (Å²) in [6.45, 7) is 1.77. The number of anilines is 1. The monoisotopic (exact) mass is 291 g/mol. The van der Waals surface area contributed by atoms with Crippen molar-refractivity contribution < 1.29 is 4.79 Å². The van der Waals surface area contributed by atoms with Crippen molar-refractivity contribution in [3.63, 3.8) is 0 Å². The molecule has 4 nitrogen and oxygen atoms in total. The molecule has 1 amide bonds. The Labute approximate surface area is 107 Å². The second-order valence-corrected chi connectivity index (χ2v) is 4.40. The number of nitrogens with one attached hydrogen (secondary N) is 1. The van der Waals surface area contributed by atoms with Crippen molar-refractivity contribution in [2.45, 2.75) is 6.92 Å². The highest BCUT2D eigenvalue weighted by atomic mass is 79.9. The second kappa shape index (κ2) is 5.05. The average molecular weight is 292 g/mol. The van der Waals surface area contributed by atoms with Crippen molar-refractivity contribution in [3.8, 4) is 0 Å². The molecule has 0 unspecified atom stereocenters. The van der Waals surface area contributed by atoms with Gasteiger partial charge in [0.25, 0.3) is 5.91 Å². The minimum absolute atomic E-state index is 0.215. The van der Waals surface area contributed by atoms with Gasteiger partial charge >= 0.3 is 0 Å². The van der Waals surface area contributed by atoms with E-state index in [4.69, 9.17) is 0 Å². The van der Waals surface area contributed by atoms with Crippen molar-refractivity contribution in [1.82, 2.24) is 9.97 Å². The van der Waals surface area contributed by atoms with Gasteiger partial charge in [0.05, 0.1) is 5.56 Å². The zero-order valence-corrected chi connectivity index (χ0v) is 10.7. The predicted octanol–water partition coefficient (Wildman–Crippen LogP) is 2.80. The highest BCUT2D eigenvalue weighted by molar-refractivity contribution is 9.10. The number of aromatic nitrogens is 2. The zero-order chi connectivity index (χ0) is 12.3. The van der Waals surface area contributed by atoms with Crippen molar-refractivity contribution in [3.05, 3.63) is 52.5 Å². The molecule has 0 aliphatic rings. The predicted molar refractivity (Wildman–Crippen MR) is 68.9 cm³/mol. The molecule has 86 valence electrons. The molecule has 1 N–H and O–H groups in total. The van der Waals surface area contributed by atoms with E-state index in [1.807, 2.05) is 24.3 Å². The molecule has 1 aromatic heterocycles. The van der Waals surface area contributed by atoms with E-state index in [0.29, 0.717) is 11.4 Å². The molecule has 0 atom stereocenters. The molecule has 0 fully saturated rings. The fourth-order valence-corrected chi connectivity index (χ4v) is 1.51. The van der Waals surface area contributed by atoms with Crippen molar-refractivity contribution in [2.75, 3.05) is 5.32 Å². The molecule has 17 heavy (non-hydrogen) atoms. The number of hydrogen-bond acceptors (Lipinski definition) is 3. The Hall–Kier alpha value is -1.75. The number of carbonyl (C=O) groups excluding carboxylic acids is 1. The van der Waals surface area contributed by atoms with Crippen LogP contribution in [-0.2, 0) is 0 Å². The molecular weight excluding hydrogens is 282 g/mol. The largest absolute Gasteiger partial charge is 0.322 e. The SMILES string of the molecule is Cc1ncc(C(=O)Nc2ccc(Br)cc2)cn1. The Morgan fingerprint density at radius 1 is 1.18 bits per heavy atom. The van der Waals surface area contributed by atoms with Gasteiger partial charge in [-0.3, -0.25) is 4.79 Å². The van der Waals surface area contributed by atoms with Gasteiger partial charge in [-0.2, -0.15) is 0 Å². The van der Waals surface area contributed by atoms with E-state index < -0.39 is 0 Å². The second-order valence-electron chi connectivity index (χ2n) is 3.48. The van der Waals surface area contributed by atoms with Crippen LogP contribution in [0.2, 0.25) is 0 Å². The van der Waals surface area contributed by atoms with Gasteiger partial charge in [-0.15, -0.1) is 0 Å². The zero-order valence-electron chi connectivity index (χ0n) is 9.14. The van der Waals surface area contributed by atoms with E-state index in [1.54, 1.807) is 6.92 Å². The first-order chi connectivity index (χ1) is 8.15. The molecule has 0 radical (unpaired) electrons. The molecule has 0 saturated carbocycles. The first-order valence-corrected chi connectivity index (χ1v) is 5.80. The van der Waals surface area contributed by atoms with E-state index in [2.05, 4.69) is 31.2 Å². The number of amides is 1. The smallest absolute Gasteiger partial charge is 0.258 e. The first kappa shape index (κ1) is 11.7. The first-order valence-electron chi connectivity index (χ1n) is 5.01. The quantitative estimate of drug-likeness (QED) is 0.926. The molecule has 5 heteroatoms. The average Bonchev–Trinajstić information content (AvgIpc) is 2.33. The maximum atomic E-state index is 11.8. The Kier molecular flexibility index (Phi) is 3.49. The fraction of sp³-hybridized carbons (Fsp3) is 0.0833. The maximum Gasteiger partial charge on any atom is 0.258 e. The third-order valence-electron chi connectivity index (χ3n) is 2.15. The molecule has 0 aliphatic heterocycles. The number of rotatable bonds is 2. The summed E-state index contributed by atoms with van der Waals surface area (Å²) in [5.74, 6) is 0.428. The van der Waals surface area contributed by atoms with Crippen LogP contribution in [0.3, 0.4) is 0 Å². The van der Waals surface area contributed by atoms with Gasteiger partial charge in [0.15, 0.2) is 0 Å². The lowest BCUT2D eigenvalue weighted by atomic mass is 10.3. The summed E-state index contributed by atoms with van der Waals surface area (Å²) in [6, 6.07) is 7.36. The standard InChI is InChI=1S/C12H10BrN3O/c1-8-14-6-9(7-15-8)12(17)16-11-4-2-10(13)3-5-11/h2-7H,1H3,(H,16,17). The van der Waals surface area contributed by atoms with Crippen molar-refractivity contribution in [1.29, 1.82) is 0 Å². The van der Waals surface area contributed by atoms with Crippen LogP contribution in [0.25, 0.3) is 0 Å². The van der Waals surface area contributed by atoms with Crippen LogP contribution >= 0.6 is 15.9 Å². The van der Waals surface area contributed by atoms with Crippen LogP contribution in [0.5, 0.6) is 0 Å². The third-order valence-corrected chi connectivity index (χ3v) is 2.67. The van der Waals surface area contributed by atoms with Gasteiger partial charge < -0.3 is 5.32 Å². The number of nitrogens with zero attached hydrogens (tertiary/aromatic N) is 2. The molecule has 1 heterocycles. The lowest BCUT2D eigenvalue weighted by Gasteiger charge is -2.04. The van der Waals surface area contributed by atoms with E-state index >= 15 is 0 Å².